The Kier molecular flexibility index (Phi) is 4.30. The molecule has 136 valence electrons. The summed E-state index contributed by atoms with van der Waals surface area (Å²) in [7, 11) is 1.53. The maximum Gasteiger partial charge on any atom is 0.273 e. The second kappa shape index (κ2) is 6.16. The van der Waals surface area contributed by atoms with Crippen molar-refractivity contribution in [2.24, 2.45) is 5.92 Å². The summed E-state index contributed by atoms with van der Waals surface area (Å²) in [5.74, 6) is -0.0401. The van der Waals surface area contributed by atoms with E-state index in [4.69, 9.17) is 4.52 Å². The van der Waals surface area contributed by atoms with Gasteiger partial charge in [0.15, 0.2) is 5.69 Å². The second-order valence-corrected chi connectivity index (χ2v) is 7.60. The van der Waals surface area contributed by atoms with Crippen LogP contribution in [0, 0.1) is 5.92 Å². The summed E-state index contributed by atoms with van der Waals surface area (Å²) in [5.41, 5.74) is 0.604. The minimum absolute atomic E-state index is 0.0135. The van der Waals surface area contributed by atoms with E-state index in [0.29, 0.717) is 37.4 Å². The lowest BCUT2D eigenvalue weighted by Crippen LogP contribution is -2.44. The zero-order valence-corrected chi connectivity index (χ0v) is 15.1. The Morgan fingerprint density at radius 3 is 2.64 bits per heavy atom. The molecule has 0 unspecified atom stereocenters. The summed E-state index contributed by atoms with van der Waals surface area (Å²) in [6, 6.07) is 0. The lowest BCUT2D eigenvalue weighted by atomic mass is 10.0. The van der Waals surface area contributed by atoms with E-state index < -0.39 is 0 Å². The van der Waals surface area contributed by atoms with Crippen LogP contribution in [0.1, 0.15) is 49.0 Å². The van der Waals surface area contributed by atoms with E-state index in [2.05, 4.69) is 10.5 Å². The van der Waals surface area contributed by atoms with Crippen molar-refractivity contribution in [1.82, 2.24) is 20.3 Å². The van der Waals surface area contributed by atoms with E-state index in [9.17, 15) is 14.4 Å². The van der Waals surface area contributed by atoms with Crippen LogP contribution in [0.15, 0.2) is 4.52 Å². The standard InChI is InChI=1S/C17H24N4O4/c1-17(2,3)21-8-10(7-13(21)22)16(24)20-6-5-12-11(9-20)14(19-25-12)15(23)18-4/h10H,5-9H2,1-4H3,(H,18,23)/t10-/m1/s1. The van der Waals surface area contributed by atoms with E-state index >= 15 is 0 Å². The van der Waals surface area contributed by atoms with Gasteiger partial charge in [-0.25, -0.2) is 0 Å². The van der Waals surface area contributed by atoms with Crippen molar-refractivity contribution in [3.63, 3.8) is 0 Å². The lowest BCUT2D eigenvalue weighted by Gasteiger charge is -2.33. The van der Waals surface area contributed by atoms with Crippen molar-refractivity contribution in [3.8, 4) is 0 Å². The Morgan fingerprint density at radius 2 is 2.04 bits per heavy atom. The number of hydrogen-bond acceptors (Lipinski definition) is 5. The first-order valence-corrected chi connectivity index (χ1v) is 8.51. The third-order valence-corrected chi connectivity index (χ3v) is 4.87. The highest BCUT2D eigenvalue weighted by molar-refractivity contribution is 5.94. The van der Waals surface area contributed by atoms with Gasteiger partial charge in [-0.15, -0.1) is 0 Å². The predicted molar refractivity (Wildman–Crippen MR) is 88.6 cm³/mol. The van der Waals surface area contributed by atoms with Gasteiger partial charge in [0.05, 0.1) is 12.5 Å². The fraction of sp³-hybridized carbons (Fsp3) is 0.647. The average molecular weight is 348 g/mol. The fourth-order valence-corrected chi connectivity index (χ4v) is 3.47. The van der Waals surface area contributed by atoms with Crippen molar-refractivity contribution < 1.29 is 18.9 Å². The monoisotopic (exact) mass is 348 g/mol. The Labute approximate surface area is 146 Å². The van der Waals surface area contributed by atoms with Crippen molar-refractivity contribution in [1.29, 1.82) is 0 Å². The van der Waals surface area contributed by atoms with E-state index in [-0.39, 0.29) is 41.3 Å². The van der Waals surface area contributed by atoms with Gasteiger partial charge in [-0.1, -0.05) is 5.16 Å². The molecule has 1 aromatic rings. The third-order valence-electron chi connectivity index (χ3n) is 4.87. The summed E-state index contributed by atoms with van der Waals surface area (Å²) in [4.78, 5) is 40.5. The Bertz CT molecular complexity index is 719. The molecule has 2 aliphatic rings. The number of carbonyl (C=O) groups is 3. The summed E-state index contributed by atoms with van der Waals surface area (Å²) >= 11 is 0. The van der Waals surface area contributed by atoms with Gasteiger partial charge in [-0.3, -0.25) is 14.4 Å². The largest absolute Gasteiger partial charge is 0.360 e. The van der Waals surface area contributed by atoms with Gasteiger partial charge in [0.1, 0.15) is 5.76 Å². The molecule has 8 nitrogen and oxygen atoms in total. The maximum atomic E-state index is 12.9. The number of carbonyl (C=O) groups excluding carboxylic acids is 3. The average Bonchev–Trinajstić information content (AvgIpc) is 3.16. The summed E-state index contributed by atoms with van der Waals surface area (Å²) in [5, 5.41) is 6.36. The van der Waals surface area contributed by atoms with Gasteiger partial charge in [0, 0.05) is 44.1 Å². The topological polar surface area (TPSA) is 95.7 Å². The quantitative estimate of drug-likeness (QED) is 0.843. The minimum atomic E-state index is -0.336. The van der Waals surface area contributed by atoms with E-state index in [1.165, 1.54) is 7.05 Å². The molecule has 1 aromatic heterocycles. The number of hydrogen-bond donors (Lipinski definition) is 1. The molecule has 0 bridgehead atoms. The molecule has 3 heterocycles. The van der Waals surface area contributed by atoms with Crippen molar-refractivity contribution >= 4 is 17.7 Å². The highest BCUT2D eigenvalue weighted by atomic mass is 16.5. The van der Waals surface area contributed by atoms with E-state index in [1.54, 1.807) is 9.80 Å². The summed E-state index contributed by atoms with van der Waals surface area (Å²) < 4.78 is 5.23. The van der Waals surface area contributed by atoms with E-state index in [0.717, 1.165) is 0 Å². The molecule has 1 fully saturated rings. The second-order valence-electron chi connectivity index (χ2n) is 7.60. The number of amides is 3. The van der Waals surface area contributed by atoms with Crippen LogP contribution in [0.4, 0.5) is 0 Å². The Hall–Kier alpha value is -2.38. The number of likely N-dealkylation sites (tertiary alicyclic amines) is 1. The maximum absolute atomic E-state index is 12.9. The van der Waals surface area contributed by atoms with Gasteiger partial charge in [-0.05, 0) is 20.8 Å². The fourth-order valence-electron chi connectivity index (χ4n) is 3.47. The van der Waals surface area contributed by atoms with Crippen LogP contribution in [-0.4, -0.2) is 58.4 Å². The van der Waals surface area contributed by atoms with Gasteiger partial charge in [0.2, 0.25) is 11.8 Å². The molecule has 0 aliphatic carbocycles. The lowest BCUT2D eigenvalue weighted by molar-refractivity contribution is -0.136. The van der Waals surface area contributed by atoms with Gasteiger partial charge in [0.25, 0.3) is 5.91 Å². The minimum Gasteiger partial charge on any atom is -0.360 e. The van der Waals surface area contributed by atoms with Crippen LogP contribution >= 0.6 is 0 Å². The first kappa shape index (κ1) is 17.4. The molecule has 0 radical (unpaired) electrons. The summed E-state index contributed by atoms with van der Waals surface area (Å²) in [6.07, 6.45) is 0.764. The molecule has 0 aromatic carbocycles. The van der Waals surface area contributed by atoms with Crippen LogP contribution < -0.4 is 5.32 Å². The first-order chi connectivity index (χ1) is 11.7. The van der Waals surface area contributed by atoms with Crippen molar-refractivity contribution in [2.75, 3.05) is 20.1 Å². The van der Waals surface area contributed by atoms with Gasteiger partial charge >= 0.3 is 0 Å². The van der Waals surface area contributed by atoms with Crippen LogP contribution in [-0.2, 0) is 22.6 Å². The molecule has 25 heavy (non-hydrogen) atoms. The van der Waals surface area contributed by atoms with Gasteiger partial charge in [-0.2, -0.15) is 0 Å². The molecule has 1 N–H and O–H groups in total. The van der Waals surface area contributed by atoms with Crippen LogP contribution in [0.25, 0.3) is 0 Å². The zero-order valence-electron chi connectivity index (χ0n) is 15.1. The number of fused-ring (bicyclic) bond motifs is 1. The number of nitrogens with zero attached hydrogens (tertiary/aromatic N) is 3. The van der Waals surface area contributed by atoms with Gasteiger partial charge < -0.3 is 19.6 Å². The molecular weight excluding hydrogens is 324 g/mol. The normalized spacial score (nSPS) is 20.6. The number of nitrogens with one attached hydrogen (secondary N) is 1. The van der Waals surface area contributed by atoms with Crippen LogP contribution in [0.3, 0.4) is 0 Å². The Balaban J connectivity index is 1.74. The molecular formula is C17H24N4O4. The van der Waals surface area contributed by atoms with Crippen molar-refractivity contribution in [3.05, 3.63) is 17.0 Å². The number of rotatable bonds is 2. The molecule has 0 saturated carbocycles. The zero-order chi connectivity index (χ0) is 18.4. The predicted octanol–water partition coefficient (Wildman–Crippen LogP) is 0.566. The van der Waals surface area contributed by atoms with Crippen LogP contribution in [0.5, 0.6) is 0 Å². The molecule has 0 spiro atoms. The molecule has 8 heteroatoms. The first-order valence-electron chi connectivity index (χ1n) is 8.51. The SMILES string of the molecule is CNC(=O)c1noc2c1CN(C(=O)[C@@H]1CC(=O)N(C(C)(C)C)C1)CC2. The Morgan fingerprint density at radius 1 is 1.32 bits per heavy atom. The third kappa shape index (κ3) is 3.12. The smallest absolute Gasteiger partial charge is 0.273 e. The highest BCUT2D eigenvalue weighted by Crippen LogP contribution is 2.29. The molecule has 1 saturated heterocycles. The highest BCUT2D eigenvalue weighted by Gasteiger charge is 2.42. The van der Waals surface area contributed by atoms with Crippen molar-refractivity contribution in [2.45, 2.75) is 45.7 Å². The number of aromatic nitrogens is 1. The van der Waals surface area contributed by atoms with Crippen LogP contribution in [0.2, 0.25) is 0 Å². The molecule has 2 aliphatic heterocycles. The molecule has 1 atom stereocenters. The molecule has 3 amide bonds. The molecule has 3 rings (SSSR count). The van der Waals surface area contributed by atoms with E-state index in [1.807, 2.05) is 20.8 Å². The summed E-state index contributed by atoms with van der Waals surface area (Å²) in [6.45, 7) is 7.15.